The molecule has 2 rings (SSSR count). The van der Waals surface area contributed by atoms with Crippen LogP contribution in [0.25, 0.3) is 0 Å². The molecule has 2 amide bonds. The maximum absolute atomic E-state index is 11.7. The smallest absolute Gasteiger partial charge is 0.226 e. The third-order valence-electron chi connectivity index (χ3n) is 2.82. The van der Waals surface area contributed by atoms with Crippen molar-refractivity contribution < 1.29 is 9.59 Å². The first-order valence-corrected chi connectivity index (χ1v) is 5.48. The lowest BCUT2D eigenvalue weighted by Crippen LogP contribution is -2.37. The van der Waals surface area contributed by atoms with Crippen LogP contribution in [0.3, 0.4) is 0 Å². The maximum atomic E-state index is 11.7. The quantitative estimate of drug-likeness (QED) is 0.664. The molecule has 5 nitrogen and oxygen atoms in total. The van der Waals surface area contributed by atoms with Gasteiger partial charge in [0.15, 0.2) is 0 Å². The molecule has 0 bridgehead atoms. The van der Waals surface area contributed by atoms with Gasteiger partial charge in [-0.1, -0.05) is 0 Å². The van der Waals surface area contributed by atoms with Crippen LogP contribution in [0.2, 0.25) is 0 Å². The number of anilines is 3. The number of hydrogen-bond acceptors (Lipinski definition) is 3. The van der Waals surface area contributed by atoms with Crippen LogP contribution in [-0.4, -0.2) is 17.9 Å². The Morgan fingerprint density at radius 1 is 1.53 bits per heavy atom. The topological polar surface area (TPSA) is 75.4 Å². The summed E-state index contributed by atoms with van der Waals surface area (Å²) in [5.41, 5.74) is 7.58. The van der Waals surface area contributed by atoms with Crippen LogP contribution in [0.1, 0.15) is 20.3 Å². The van der Waals surface area contributed by atoms with Crippen LogP contribution in [0.15, 0.2) is 18.2 Å². The Balaban J connectivity index is 2.57. The second-order valence-corrected chi connectivity index (χ2v) is 4.27. The molecule has 0 unspecified atom stereocenters. The fourth-order valence-corrected chi connectivity index (χ4v) is 2.13. The third kappa shape index (κ3) is 2.08. The molecule has 90 valence electrons. The molecule has 0 saturated heterocycles. The molecule has 1 heterocycles. The van der Waals surface area contributed by atoms with E-state index in [1.54, 1.807) is 23.1 Å². The number of nitrogens with two attached hydrogens (primary N) is 1. The molecule has 0 saturated carbocycles. The van der Waals surface area contributed by atoms with Gasteiger partial charge in [0.1, 0.15) is 0 Å². The van der Waals surface area contributed by atoms with Gasteiger partial charge in [0.25, 0.3) is 0 Å². The van der Waals surface area contributed by atoms with Gasteiger partial charge in [0.2, 0.25) is 11.8 Å². The Kier molecular flexibility index (Phi) is 2.75. The van der Waals surface area contributed by atoms with Gasteiger partial charge < -0.3 is 16.0 Å². The minimum absolute atomic E-state index is 0.0905. The first-order chi connectivity index (χ1) is 7.99. The molecule has 3 N–H and O–H groups in total. The van der Waals surface area contributed by atoms with Crippen molar-refractivity contribution >= 4 is 28.9 Å². The lowest BCUT2D eigenvalue weighted by Gasteiger charge is -2.26. The van der Waals surface area contributed by atoms with Gasteiger partial charge in [-0.3, -0.25) is 9.59 Å². The molecule has 1 aromatic rings. The lowest BCUT2D eigenvalue weighted by atomic mass is 10.1. The zero-order valence-electron chi connectivity index (χ0n) is 9.86. The number of benzene rings is 1. The summed E-state index contributed by atoms with van der Waals surface area (Å²) in [4.78, 5) is 24.9. The van der Waals surface area contributed by atoms with E-state index in [-0.39, 0.29) is 24.3 Å². The molecule has 1 aromatic carbocycles. The average Bonchev–Trinajstić information content (AvgIpc) is 2.32. The molecule has 1 aliphatic rings. The zero-order valence-corrected chi connectivity index (χ0v) is 9.86. The van der Waals surface area contributed by atoms with Gasteiger partial charge in [-0.25, -0.2) is 0 Å². The number of fused-ring (bicyclic) bond motifs is 1. The van der Waals surface area contributed by atoms with Crippen LogP contribution < -0.4 is 16.0 Å². The van der Waals surface area contributed by atoms with Crippen molar-refractivity contribution in [1.29, 1.82) is 0 Å². The van der Waals surface area contributed by atoms with E-state index in [0.29, 0.717) is 17.1 Å². The Hall–Kier alpha value is -2.04. The second-order valence-electron chi connectivity index (χ2n) is 4.27. The summed E-state index contributed by atoms with van der Waals surface area (Å²) in [7, 11) is 0. The molecular formula is C12H15N3O2. The van der Waals surface area contributed by atoms with Crippen molar-refractivity contribution in [2.45, 2.75) is 26.3 Å². The van der Waals surface area contributed by atoms with E-state index in [2.05, 4.69) is 5.32 Å². The lowest BCUT2D eigenvalue weighted by molar-refractivity contribution is -0.117. The van der Waals surface area contributed by atoms with E-state index >= 15 is 0 Å². The van der Waals surface area contributed by atoms with E-state index in [0.717, 1.165) is 0 Å². The van der Waals surface area contributed by atoms with Gasteiger partial charge in [0.05, 0.1) is 11.4 Å². The predicted octanol–water partition coefficient (Wildman–Crippen LogP) is 1.35. The first-order valence-electron chi connectivity index (χ1n) is 5.48. The van der Waals surface area contributed by atoms with Crippen LogP contribution in [0.5, 0.6) is 0 Å². The fraction of sp³-hybridized carbons (Fsp3) is 0.333. The zero-order chi connectivity index (χ0) is 12.6. The summed E-state index contributed by atoms with van der Waals surface area (Å²) < 4.78 is 0. The van der Waals surface area contributed by atoms with Crippen molar-refractivity contribution in [3.05, 3.63) is 18.2 Å². The van der Waals surface area contributed by atoms with E-state index in [9.17, 15) is 9.59 Å². The monoisotopic (exact) mass is 233 g/mol. The highest BCUT2D eigenvalue weighted by Gasteiger charge is 2.27. The molecule has 0 aliphatic carbocycles. The summed E-state index contributed by atoms with van der Waals surface area (Å²) >= 11 is 0. The van der Waals surface area contributed by atoms with Crippen molar-refractivity contribution in [1.82, 2.24) is 0 Å². The minimum Gasteiger partial charge on any atom is -0.399 e. The summed E-state index contributed by atoms with van der Waals surface area (Å²) in [6.45, 7) is 3.33. The SMILES string of the molecule is CC(=O)N1c2cc(N)ccc2NC(=O)C[C@H]1C. The number of rotatable bonds is 0. The highest BCUT2D eigenvalue weighted by atomic mass is 16.2. The third-order valence-corrected chi connectivity index (χ3v) is 2.82. The van der Waals surface area contributed by atoms with Crippen molar-refractivity contribution in [3.63, 3.8) is 0 Å². The van der Waals surface area contributed by atoms with Gasteiger partial charge in [0, 0.05) is 25.1 Å². The number of carbonyl (C=O) groups excluding carboxylic acids is 2. The highest BCUT2D eigenvalue weighted by Crippen LogP contribution is 2.33. The standard InChI is InChI=1S/C12H15N3O2/c1-7-5-12(17)14-10-4-3-9(13)6-11(10)15(7)8(2)16/h3-4,6-7H,5,13H2,1-2H3,(H,14,17)/t7-/m1/s1. The Morgan fingerprint density at radius 3 is 2.88 bits per heavy atom. The van der Waals surface area contributed by atoms with Crippen LogP contribution in [0, 0.1) is 0 Å². The van der Waals surface area contributed by atoms with Gasteiger partial charge in [-0.05, 0) is 25.1 Å². The normalized spacial score (nSPS) is 19.3. The summed E-state index contributed by atoms with van der Waals surface area (Å²) in [5.74, 6) is -0.187. The van der Waals surface area contributed by atoms with Crippen LogP contribution in [-0.2, 0) is 9.59 Å². The van der Waals surface area contributed by atoms with Crippen molar-refractivity contribution in [2.75, 3.05) is 16.0 Å². The number of hydrogen-bond donors (Lipinski definition) is 2. The number of amides is 2. The summed E-state index contributed by atoms with van der Waals surface area (Å²) in [6, 6.07) is 4.96. The van der Waals surface area contributed by atoms with E-state index in [1.807, 2.05) is 6.92 Å². The molecule has 5 heteroatoms. The van der Waals surface area contributed by atoms with Gasteiger partial charge in [-0.2, -0.15) is 0 Å². The number of nitrogens with zero attached hydrogens (tertiary/aromatic N) is 1. The summed E-state index contributed by atoms with van der Waals surface area (Å²) in [5, 5.41) is 2.78. The van der Waals surface area contributed by atoms with E-state index < -0.39 is 0 Å². The van der Waals surface area contributed by atoms with Gasteiger partial charge in [-0.15, -0.1) is 0 Å². The molecule has 0 fully saturated rings. The predicted molar refractivity (Wildman–Crippen MR) is 66.7 cm³/mol. The Bertz CT molecular complexity index is 485. The number of nitrogen functional groups attached to an aromatic ring is 1. The molecule has 1 atom stereocenters. The molecular weight excluding hydrogens is 218 g/mol. The maximum Gasteiger partial charge on any atom is 0.226 e. The number of nitrogens with one attached hydrogen (secondary N) is 1. The summed E-state index contributed by atoms with van der Waals surface area (Å²) in [6.07, 6.45) is 0.286. The molecule has 0 radical (unpaired) electrons. The highest BCUT2D eigenvalue weighted by molar-refractivity contribution is 6.04. The fourth-order valence-electron chi connectivity index (χ4n) is 2.13. The van der Waals surface area contributed by atoms with Crippen molar-refractivity contribution in [3.8, 4) is 0 Å². The van der Waals surface area contributed by atoms with E-state index in [1.165, 1.54) is 6.92 Å². The minimum atomic E-state index is -0.171. The van der Waals surface area contributed by atoms with Crippen molar-refractivity contribution in [2.24, 2.45) is 0 Å². The van der Waals surface area contributed by atoms with Crippen LogP contribution in [0.4, 0.5) is 17.1 Å². The molecule has 1 aliphatic heterocycles. The number of carbonyl (C=O) groups is 2. The first kappa shape index (κ1) is 11.4. The largest absolute Gasteiger partial charge is 0.399 e. The van der Waals surface area contributed by atoms with Gasteiger partial charge >= 0.3 is 0 Å². The Labute approximate surface area is 99.6 Å². The van der Waals surface area contributed by atoms with E-state index in [4.69, 9.17) is 5.73 Å². The second kappa shape index (κ2) is 4.08. The molecule has 0 aromatic heterocycles. The molecule has 17 heavy (non-hydrogen) atoms. The average molecular weight is 233 g/mol. The molecule has 0 spiro atoms. The van der Waals surface area contributed by atoms with Crippen LogP contribution >= 0.6 is 0 Å². The Morgan fingerprint density at radius 2 is 2.24 bits per heavy atom.